The van der Waals surface area contributed by atoms with Gasteiger partial charge >= 0.3 is 0 Å². The predicted octanol–water partition coefficient (Wildman–Crippen LogP) is 2.54. The molecule has 0 amide bonds. The van der Waals surface area contributed by atoms with E-state index in [1.54, 1.807) is 0 Å². The monoisotopic (exact) mass is 312 g/mol. The molecule has 0 unspecified atom stereocenters. The van der Waals surface area contributed by atoms with Gasteiger partial charge in [0.25, 0.3) is 5.56 Å². The van der Waals surface area contributed by atoms with Gasteiger partial charge < -0.3 is 4.90 Å². The van der Waals surface area contributed by atoms with Crippen molar-refractivity contribution in [1.82, 2.24) is 19.2 Å². The number of hydrogen-bond donors (Lipinski definition) is 0. The lowest BCUT2D eigenvalue weighted by atomic mass is 10.1. The Bertz CT molecular complexity index is 903. The van der Waals surface area contributed by atoms with Crippen LogP contribution in [0.3, 0.4) is 0 Å². The van der Waals surface area contributed by atoms with Crippen molar-refractivity contribution in [3.63, 3.8) is 0 Å². The van der Waals surface area contributed by atoms with Gasteiger partial charge in [-0.1, -0.05) is 32.0 Å². The first-order chi connectivity index (χ1) is 11.1. The average molecular weight is 312 g/mol. The van der Waals surface area contributed by atoms with E-state index in [1.807, 2.05) is 47.5 Å². The molecule has 0 saturated carbocycles. The molecule has 0 saturated heterocycles. The molecule has 0 aliphatic carbocycles. The first-order valence-electron chi connectivity index (χ1n) is 8.25. The molecule has 0 aliphatic heterocycles. The highest BCUT2D eigenvalue weighted by molar-refractivity contribution is 6.05. The van der Waals surface area contributed by atoms with Gasteiger partial charge in [0.15, 0.2) is 0 Å². The number of fused-ring (bicyclic) bond motifs is 3. The minimum absolute atomic E-state index is 0.0725. The van der Waals surface area contributed by atoms with Gasteiger partial charge in [-0.05, 0) is 26.1 Å². The van der Waals surface area contributed by atoms with E-state index in [0.29, 0.717) is 6.54 Å². The first kappa shape index (κ1) is 15.7. The van der Waals surface area contributed by atoms with Crippen LogP contribution in [0.1, 0.15) is 19.5 Å². The summed E-state index contributed by atoms with van der Waals surface area (Å²) in [5, 5.41) is 7.41. The topological polar surface area (TPSA) is 43.1 Å². The Hall–Kier alpha value is -2.14. The third-order valence-corrected chi connectivity index (χ3v) is 4.65. The molecule has 1 aromatic carbocycles. The van der Waals surface area contributed by atoms with Crippen LogP contribution in [0.25, 0.3) is 21.8 Å². The van der Waals surface area contributed by atoms with Crippen molar-refractivity contribution in [2.24, 2.45) is 7.05 Å². The van der Waals surface area contributed by atoms with Crippen molar-refractivity contribution in [2.45, 2.75) is 27.3 Å². The van der Waals surface area contributed by atoms with Crippen LogP contribution in [0.15, 0.2) is 29.1 Å². The Balaban J connectivity index is 2.26. The van der Waals surface area contributed by atoms with E-state index in [-0.39, 0.29) is 5.56 Å². The molecule has 0 bridgehead atoms. The third kappa shape index (κ3) is 2.55. The summed E-state index contributed by atoms with van der Waals surface area (Å²) in [5.41, 5.74) is 1.96. The Kier molecular flexibility index (Phi) is 4.22. The zero-order chi connectivity index (χ0) is 16.6. The zero-order valence-corrected chi connectivity index (χ0v) is 14.3. The standard InChI is InChI=1S/C18H24N4O/c1-5-21(6-2)11-12-22-17-16(13(3)19-20(17)4)14-9-7-8-10-15(14)18(22)23/h7-10H,5-6,11-12H2,1-4H3. The van der Waals surface area contributed by atoms with E-state index in [0.717, 1.165) is 47.1 Å². The number of nitrogens with zero attached hydrogens (tertiary/aromatic N) is 4. The molecule has 23 heavy (non-hydrogen) atoms. The fourth-order valence-corrected chi connectivity index (χ4v) is 3.39. The van der Waals surface area contributed by atoms with E-state index >= 15 is 0 Å². The zero-order valence-electron chi connectivity index (χ0n) is 14.3. The lowest BCUT2D eigenvalue weighted by molar-refractivity contribution is 0.290. The second-order valence-electron chi connectivity index (χ2n) is 5.94. The Morgan fingerprint density at radius 1 is 1.13 bits per heavy atom. The number of aromatic nitrogens is 3. The maximum absolute atomic E-state index is 13.0. The van der Waals surface area contributed by atoms with Crippen LogP contribution < -0.4 is 5.56 Å². The van der Waals surface area contributed by atoms with Crippen LogP contribution in [-0.4, -0.2) is 38.9 Å². The molecular weight excluding hydrogens is 288 g/mol. The number of benzene rings is 1. The molecule has 5 nitrogen and oxygen atoms in total. The van der Waals surface area contributed by atoms with Crippen molar-refractivity contribution in [3.05, 3.63) is 40.3 Å². The van der Waals surface area contributed by atoms with Crippen LogP contribution >= 0.6 is 0 Å². The Labute approximate surface area is 136 Å². The Morgan fingerprint density at radius 3 is 2.43 bits per heavy atom. The number of likely N-dealkylation sites (N-methyl/N-ethyl adjacent to an activating group) is 1. The van der Waals surface area contributed by atoms with Gasteiger partial charge in [0.2, 0.25) is 0 Å². The van der Waals surface area contributed by atoms with E-state index in [1.165, 1.54) is 0 Å². The fourth-order valence-electron chi connectivity index (χ4n) is 3.39. The summed E-state index contributed by atoms with van der Waals surface area (Å²) in [6.07, 6.45) is 0. The fraction of sp³-hybridized carbons (Fsp3) is 0.444. The lowest BCUT2D eigenvalue weighted by Gasteiger charge is -2.19. The van der Waals surface area contributed by atoms with E-state index in [9.17, 15) is 4.79 Å². The van der Waals surface area contributed by atoms with Crippen molar-refractivity contribution in [2.75, 3.05) is 19.6 Å². The summed E-state index contributed by atoms with van der Waals surface area (Å²) >= 11 is 0. The van der Waals surface area contributed by atoms with Gasteiger partial charge in [-0.2, -0.15) is 5.10 Å². The summed E-state index contributed by atoms with van der Waals surface area (Å²) in [4.78, 5) is 15.3. The molecule has 5 heteroatoms. The summed E-state index contributed by atoms with van der Waals surface area (Å²) in [6, 6.07) is 7.84. The Morgan fingerprint density at radius 2 is 1.78 bits per heavy atom. The summed E-state index contributed by atoms with van der Waals surface area (Å²) in [7, 11) is 1.91. The molecule has 0 N–H and O–H groups in total. The highest BCUT2D eigenvalue weighted by atomic mass is 16.1. The smallest absolute Gasteiger partial charge is 0.260 e. The first-order valence-corrected chi connectivity index (χ1v) is 8.25. The molecule has 122 valence electrons. The minimum Gasteiger partial charge on any atom is -0.302 e. The third-order valence-electron chi connectivity index (χ3n) is 4.65. The highest BCUT2D eigenvalue weighted by Crippen LogP contribution is 2.25. The van der Waals surface area contributed by atoms with Gasteiger partial charge in [-0.3, -0.25) is 14.0 Å². The van der Waals surface area contributed by atoms with Crippen LogP contribution in [0, 0.1) is 6.92 Å². The van der Waals surface area contributed by atoms with Crippen molar-refractivity contribution >= 4 is 21.8 Å². The maximum atomic E-state index is 13.0. The quantitative estimate of drug-likeness (QED) is 0.727. The predicted molar refractivity (Wildman–Crippen MR) is 95.0 cm³/mol. The molecule has 0 fully saturated rings. The molecule has 0 aliphatic rings. The molecule has 0 atom stereocenters. The molecule has 2 aromatic heterocycles. The van der Waals surface area contributed by atoms with Crippen molar-refractivity contribution in [1.29, 1.82) is 0 Å². The number of pyridine rings is 1. The molecular formula is C18H24N4O. The maximum Gasteiger partial charge on any atom is 0.260 e. The molecule has 0 radical (unpaired) electrons. The highest BCUT2D eigenvalue weighted by Gasteiger charge is 2.16. The van der Waals surface area contributed by atoms with Gasteiger partial charge in [0.1, 0.15) is 5.65 Å². The van der Waals surface area contributed by atoms with E-state index in [4.69, 9.17) is 0 Å². The van der Waals surface area contributed by atoms with Crippen LogP contribution in [-0.2, 0) is 13.6 Å². The second kappa shape index (κ2) is 6.16. The molecule has 0 spiro atoms. The summed E-state index contributed by atoms with van der Waals surface area (Å²) < 4.78 is 3.72. The number of rotatable bonds is 5. The van der Waals surface area contributed by atoms with Crippen molar-refractivity contribution in [3.8, 4) is 0 Å². The van der Waals surface area contributed by atoms with E-state index in [2.05, 4.69) is 23.8 Å². The van der Waals surface area contributed by atoms with Gasteiger partial charge in [-0.15, -0.1) is 0 Å². The van der Waals surface area contributed by atoms with Gasteiger partial charge in [0, 0.05) is 36.3 Å². The molecule has 2 heterocycles. The largest absolute Gasteiger partial charge is 0.302 e. The van der Waals surface area contributed by atoms with Crippen LogP contribution in [0.4, 0.5) is 0 Å². The molecule has 3 aromatic rings. The summed E-state index contributed by atoms with van der Waals surface area (Å²) in [5.74, 6) is 0. The average Bonchev–Trinajstić information content (AvgIpc) is 2.85. The molecule has 3 rings (SSSR count). The summed E-state index contributed by atoms with van der Waals surface area (Å²) in [6.45, 7) is 9.84. The van der Waals surface area contributed by atoms with Gasteiger partial charge in [0.05, 0.1) is 5.69 Å². The number of hydrogen-bond acceptors (Lipinski definition) is 3. The second-order valence-corrected chi connectivity index (χ2v) is 5.94. The van der Waals surface area contributed by atoms with Crippen LogP contribution in [0.5, 0.6) is 0 Å². The minimum atomic E-state index is 0.0725. The van der Waals surface area contributed by atoms with Gasteiger partial charge in [-0.25, -0.2) is 0 Å². The number of aryl methyl sites for hydroxylation is 2. The SMILES string of the molecule is CCN(CC)CCn1c(=O)c2ccccc2c2c(C)nn(C)c21. The van der Waals surface area contributed by atoms with Crippen molar-refractivity contribution < 1.29 is 0 Å². The van der Waals surface area contributed by atoms with Crippen LogP contribution in [0.2, 0.25) is 0 Å². The van der Waals surface area contributed by atoms with E-state index < -0.39 is 0 Å². The lowest BCUT2D eigenvalue weighted by Crippen LogP contribution is -2.31. The normalized spacial score (nSPS) is 11.9.